The van der Waals surface area contributed by atoms with Crippen molar-refractivity contribution < 1.29 is 22.0 Å². The number of carbonyl (C=O) groups is 1. The minimum Gasteiger partial charge on any atom is -0.322 e. The van der Waals surface area contributed by atoms with Crippen LogP contribution >= 0.6 is 11.3 Å². The average molecular weight is 430 g/mol. The Kier molecular flexibility index (Phi) is 6.43. The molecule has 1 fully saturated rings. The number of likely N-dealkylation sites (tertiary alicyclic amines) is 1. The number of sulfonamides is 1. The first-order chi connectivity index (χ1) is 13.3. The Hall–Kier alpha value is -1.88. The number of hydrogen-bond donors (Lipinski definition) is 2. The molecule has 2 aromatic rings. The van der Waals surface area contributed by atoms with Crippen LogP contribution in [0.4, 0.5) is 14.5 Å². The highest BCUT2D eigenvalue weighted by Crippen LogP contribution is 2.21. The summed E-state index contributed by atoms with van der Waals surface area (Å²) < 4.78 is 54.5. The highest BCUT2D eigenvalue weighted by atomic mass is 32.2. The SMILES string of the molecule is C[C@@H](C(=O)Nc1cc(F)ccc1F)N1CCC(NS(=O)(=O)c2cccs2)CC1. The van der Waals surface area contributed by atoms with E-state index in [1.807, 2.05) is 4.90 Å². The Morgan fingerprint density at radius 1 is 1.25 bits per heavy atom. The summed E-state index contributed by atoms with van der Waals surface area (Å²) in [4.78, 5) is 14.3. The van der Waals surface area contributed by atoms with Crippen LogP contribution in [0.1, 0.15) is 19.8 Å². The molecule has 6 nitrogen and oxygen atoms in total. The molecule has 0 bridgehead atoms. The number of nitrogens with zero attached hydrogens (tertiary/aromatic N) is 1. The predicted molar refractivity (Wildman–Crippen MR) is 104 cm³/mol. The van der Waals surface area contributed by atoms with Gasteiger partial charge in [0.2, 0.25) is 15.9 Å². The molecule has 28 heavy (non-hydrogen) atoms. The highest BCUT2D eigenvalue weighted by Gasteiger charge is 2.29. The number of thiophene rings is 1. The molecular weight excluding hydrogens is 408 g/mol. The van der Waals surface area contributed by atoms with Crippen LogP contribution < -0.4 is 10.0 Å². The van der Waals surface area contributed by atoms with Crippen molar-refractivity contribution in [3.63, 3.8) is 0 Å². The number of halogens is 2. The summed E-state index contributed by atoms with van der Waals surface area (Å²) in [5.74, 6) is -1.78. The normalized spacial score (nSPS) is 17.4. The van der Waals surface area contributed by atoms with Gasteiger partial charge in [-0.15, -0.1) is 11.3 Å². The van der Waals surface area contributed by atoms with Gasteiger partial charge in [-0.2, -0.15) is 0 Å². The van der Waals surface area contributed by atoms with Gasteiger partial charge in [0.25, 0.3) is 0 Å². The summed E-state index contributed by atoms with van der Waals surface area (Å²) >= 11 is 1.16. The molecule has 10 heteroatoms. The van der Waals surface area contributed by atoms with E-state index < -0.39 is 33.6 Å². The second-order valence-electron chi connectivity index (χ2n) is 6.65. The Labute approximate surface area is 166 Å². The third kappa shape index (κ3) is 4.93. The maximum atomic E-state index is 13.7. The molecule has 2 N–H and O–H groups in total. The minimum atomic E-state index is -3.53. The molecule has 3 rings (SSSR count). The first-order valence-electron chi connectivity index (χ1n) is 8.82. The molecule has 0 radical (unpaired) electrons. The van der Waals surface area contributed by atoms with E-state index >= 15 is 0 Å². The van der Waals surface area contributed by atoms with E-state index in [0.29, 0.717) is 25.9 Å². The lowest BCUT2D eigenvalue weighted by molar-refractivity contribution is -0.121. The monoisotopic (exact) mass is 429 g/mol. The fourth-order valence-electron chi connectivity index (χ4n) is 3.09. The zero-order valence-electron chi connectivity index (χ0n) is 15.2. The van der Waals surface area contributed by atoms with Crippen molar-refractivity contribution in [2.45, 2.75) is 36.1 Å². The topological polar surface area (TPSA) is 78.5 Å². The molecule has 1 aliphatic heterocycles. The standard InChI is InChI=1S/C18H21F2N3O3S2/c1-12(18(24)21-16-11-13(19)4-5-15(16)20)23-8-6-14(7-9-23)22-28(25,26)17-3-2-10-27-17/h2-5,10-12,14,22H,6-9H2,1H3,(H,21,24)/t12-/m0/s1. The average Bonchev–Trinajstić information content (AvgIpc) is 3.20. The van der Waals surface area contributed by atoms with Gasteiger partial charge in [-0.05, 0) is 43.3 Å². The number of piperidine rings is 1. The van der Waals surface area contributed by atoms with Gasteiger partial charge in [0.1, 0.15) is 15.8 Å². The molecule has 1 saturated heterocycles. The number of rotatable bonds is 6. The Bertz CT molecular complexity index is 928. The van der Waals surface area contributed by atoms with Crippen LogP contribution in [-0.2, 0) is 14.8 Å². The number of hydrogen-bond acceptors (Lipinski definition) is 5. The molecule has 1 atom stereocenters. The Morgan fingerprint density at radius 3 is 2.61 bits per heavy atom. The Balaban J connectivity index is 1.54. The minimum absolute atomic E-state index is 0.199. The molecule has 1 aliphatic rings. The van der Waals surface area contributed by atoms with E-state index in [1.54, 1.807) is 24.4 Å². The zero-order chi connectivity index (χ0) is 20.3. The number of carbonyl (C=O) groups excluding carboxylic acids is 1. The van der Waals surface area contributed by atoms with Crippen molar-refractivity contribution in [1.29, 1.82) is 0 Å². The molecule has 0 spiro atoms. The van der Waals surface area contributed by atoms with Crippen LogP contribution in [0.2, 0.25) is 0 Å². The van der Waals surface area contributed by atoms with E-state index in [-0.39, 0.29) is 15.9 Å². The molecule has 1 aromatic heterocycles. The summed E-state index contributed by atoms with van der Waals surface area (Å²) in [5.41, 5.74) is -0.199. The first kappa shape index (κ1) is 20.8. The van der Waals surface area contributed by atoms with Gasteiger partial charge in [-0.1, -0.05) is 6.07 Å². The quantitative estimate of drug-likeness (QED) is 0.740. The predicted octanol–water partition coefficient (Wildman–Crippen LogP) is 2.80. The van der Waals surface area contributed by atoms with E-state index in [4.69, 9.17) is 0 Å². The molecule has 1 aromatic carbocycles. The van der Waals surface area contributed by atoms with Gasteiger partial charge in [-0.25, -0.2) is 21.9 Å². The van der Waals surface area contributed by atoms with Gasteiger partial charge in [0, 0.05) is 25.2 Å². The molecule has 2 heterocycles. The summed E-state index contributed by atoms with van der Waals surface area (Å²) in [7, 11) is -3.53. The largest absolute Gasteiger partial charge is 0.322 e. The van der Waals surface area contributed by atoms with E-state index in [9.17, 15) is 22.0 Å². The summed E-state index contributed by atoms with van der Waals surface area (Å²) in [5, 5.41) is 4.12. The number of benzene rings is 1. The summed E-state index contributed by atoms with van der Waals surface area (Å²) in [6.07, 6.45) is 1.10. The van der Waals surface area contributed by atoms with Crippen LogP contribution in [0, 0.1) is 11.6 Å². The van der Waals surface area contributed by atoms with Crippen molar-refractivity contribution >= 4 is 33.0 Å². The summed E-state index contributed by atoms with van der Waals surface area (Å²) in [6.45, 7) is 2.71. The second-order valence-corrected chi connectivity index (χ2v) is 9.54. The van der Waals surface area contributed by atoms with Crippen LogP contribution in [0.3, 0.4) is 0 Å². The zero-order valence-corrected chi connectivity index (χ0v) is 16.8. The van der Waals surface area contributed by atoms with Crippen LogP contribution in [0.25, 0.3) is 0 Å². The van der Waals surface area contributed by atoms with Crippen molar-refractivity contribution in [3.05, 3.63) is 47.3 Å². The number of amides is 1. The highest BCUT2D eigenvalue weighted by molar-refractivity contribution is 7.91. The van der Waals surface area contributed by atoms with Gasteiger partial charge >= 0.3 is 0 Å². The van der Waals surface area contributed by atoms with E-state index in [2.05, 4.69) is 10.0 Å². The third-order valence-electron chi connectivity index (χ3n) is 4.72. The summed E-state index contributed by atoms with van der Waals surface area (Å²) in [6, 6.07) is 5.35. The van der Waals surface area contributed by atoms with Crippen molar-refractivity contribution in [3.8, 4) is 0 Å². The fourth-order valence-corrected chi connectivity index (χ4v) is 5.41. The molecule has 152 valence electrons. The van der Waals surface area contributed by atoms with Gasteiger partial charge in [-0.3, -0.25) is 9.69 Å². The second kappa shape index (κ2) is 8.64. The van der Waals surface area contributed by atoms with Crippen LogP contribution in [0.15, 0.2) is 39.9 Å². The molecule has 1 amide bonds. The first-order valence-corrected chi connectivity index (χ1v) is 11.2. The van der Waals surface area contributed by atoms with Crippen molar-refractivity contribution in [1.82, 2.24) is 9.62 Å². The van der Waals surface area contributed by atoms with E-state index in [1.165, 1.54) is 0 Å². The lowest BCUT2D eigenvalue weighted by Crippen LogP contribution is -2.50. The Morgan fingerprint density at radius 2 is 1.96 bits per heavy atom. The third-order valence-corrected chi connectivity index (χ3v) is 7.64. The molecule has 0 saturated carbocycles. The lowest BCUT2D eigenvalue weighted by atomic mass is 10.0. The maximum Gasteiger partial charge on any atom is 0.250 e. The molecule has 0 unspecified atom stereocenters. The number of anilines is 1. The van der Waals surface area contributed by atoms with Gasteiger partial charge in [0.05, 0.1) is 11.7 Å². The van der Waals surface area contributed by atoms with Crippen molar-refractivity contribution in [2.75, 3.05) is 18.4 Å². The molecule has 0 aliphatic carbocycles. The fraction of sp³-hybridized carbons (Fsp3) is 0.389. The number of nitrogens with one attached hydrogen (secondary N) is 2. The lowest BCUT2D eigenvalue weighted by Gasteiger charge is -2.35. The van der Waals surface area contributed by atoms with Gasteiger partial charge < -0.3 is 5.32 Å². The van der Waals surface area contributed by atoms with Crippen LogP contribution in [-0.4, -0.2) is 44.4 Å². The van der Waals surface area contributed by atoms with E-state index in [0.717, 1.165) is 29.5 Å². The van der Waals surface area contributed by atoms with Gasteiger partial charge in [0.15, 0.2) is 0 Å². The van der Waals surface area contributed by atoms with Crippen molar-refractivity contribution in [2.24, 2.45) is 0 Å². The van der Waals surface area contributed by atoms with Crippen LogP contribution in [0.5, 0.6) is 0 Å². The smallest absolute Gasteiger partial charge is 0.250 e. The maximum absolute atomic E-state index is 13.7. The molecular formula is C18H21F2N3O3S2.